The fraction of sp³-hybridized carbons (Fsp3) is 0. The predicted octanol–water partition coefficient (Wildman–Crippen LogP) is 11.8. The third-order valence-electron chi connectivity index (χ3n) is 8.47. The lowest BCUT2D eigenvalue weighted by Gasteiger charge is -2.22. The Labute approximate surface area is 246 Å². The highest BCUT2D eigenvalue weighted by Gasteiger charge is 2.22. The monoisotopic (exact) mass is 532 g/mol. The Morgan fingerprint density at radius 1 is 0.238 bits per heavy atom. The van der Waals surface area contributed by atoms with Crippen LogP contribution < -0.4 is 0 Å². The van der Waals surface area contributed by atoms with E-state index < -0.39 is 0 Å². The van der Waals surface area contributed by atoms with E-state index in [-0.39, 0.29) is 0 Å². The molecule has 0 fully saturated rings. The third kappa shape index (κ3) is 3.92. The van der Waals surface area contributed by atoms with E-state index in [4.69, 9.17) is 0 Å². The van der Waals surface area contributed by atoms with E-state index in [9.17, 15) is 0 Å². The highest BCUT2D eigenvalue weighted by Crippen LogP contribution is 2.49. The summed E-state index contributed by atoms with van der Waals surface area (Å²) in [6.45, 7) is 0. The maximum Gasteiger partial charge on any atom is -0.00139 e. The highest BCUT2D eigenvalue weighted by atomic mass is 14.2. The molecule has 196 valence electrons. The first-order chi connectivity index (χ1) is 20.9. The van der Waals surface area contributed by atoms with E-state index in [1.165, 1.54) is 76.8 Å². The molecule has 8 rings (SSSR count). The summed E-state index contributed by atoms with van der Waals surface area (Å²) in [4.78, 5) is 0. The molecule has 0 aliphatic heterocycles. The first-order valence-electron chi connectivity index (χ1n) is 14.5. The smallest absolute Gasteiger partial charge is 0.00139 e. The van der Waals surface area contributed by atoms with Crippen molar-refractivity contribution in [2.45, 2.75) is 0 Å². The standard InChI is InChI=1S/C42H28/c1-3-15-29(16-4-1)33-22-9-10-23-36(33)42-38-25-12-11-24-37(38)40(35-27-13-20-30-19-7-8-21-32(30)35)39-28-14-26-34(41(39)42)31-17-5-2-6-18-31/h1-28H. The maximum atomic E-state index is 2.32. The number of benzene rings is 8. The van der Waals surface area contributed by atoms with Crippen molar-refractivity contribution in [2.24, 2.45) is 0 Å². The second kappa shape index (κ2) is 10.2. The van der Waals surface area contributed by atoms with Crippen LogP contribution in [0, 0.1) is 0 Å². The van der Waals surface area contributed by atoms with Crippen molar-refractivity contribution >= 4 is 32.3 Å². The lowest BCUT2D eigenvalue weighted by atomic mass is 9.81. The molecule has 0 saturated carbocycles. The van der Waals surface area contributed by atoms with Gasteiger partial charge in [-0.15, -0.1) is 0 Å². The number of fused-ring (bicyclic) bond motifs is 3. The molecule has 0 unspecified atom stereocenters. The van der Waals surface area contributed by atoms with E-state index in [2.05, 4.69) is 170 Å². The van der Waals surface area contributed by atoms with Gasteiger partial charge < -0.3 is 0 Å². The van der Waals surface area contributed by atoms with Crippen LogP contribution in [-0.2, 0) is 0 Å². The van der Waals surface area contributed by atoms with E-state index in [0.717, 1.165) is 0 Å². The Morgan fingerprint density at radius 2 is 0.690 bits per heavy atom. The van der Waals surface area contributed by atoms with E-state index in [1.54, 1.807) is 0 Å². The normalized spacial score (nSPS) is 11.3. The summed E-state index contributed by atoms with van der Waals surface area (Å²) in [5.74, 6) is 0. The van der Waals surface area contributed by atoms with Crippen LogP contribution in [-0.4, -0.2) is 0 Å². The van der Waals surface area contributed by atoms with Crippen molar-refractivity contribution in [3.8, 4) is 44.5 Å². The molecule has 0 heteroatoms. The lowest BCUT2D eigenvalue weighted by Crippen LogP contribution is -1.95. The molecule has 0 radical (unpaired) electrons. The first-order valence-corrected chi connectivity index (χ1v) is 14.5. The van der Waals surface area contributed by atoms with Gasteiger partial charge in [0.05, 0.1) is 0 Å². The zero-order valence-electron chi connectivity index (χ0n) is 23.2. The van der Waals surface area contributed by atoms with Gasteiger partial charge in [-0.1, -0.05) is 170 Å². The van der Waals surface area contributed by atoms with Crippen molar-refractivity contribution in [1.82, 2.24) is 0 Å². The largest absolute Gasteiger partial charge is 0.0622 e. The van der Waals surface area contributed by atoms with Gasteiger partial charge >= 0.3 is 0 Å². The zero-order valence-corrected chi connectivity index (χ0v) is 23.2. The van der Waals surface area contributed by atoms with Gasteiger partial charge in [0.2, 0.25) is 0 Å². The van der Waals surface area contributed by atoms with E-state index in [1.807, 2.05) is 0 Å². The Kier molecular flexibility index (Phi) is 5.90. The van der Waals surface area contributed by atoms with Crippen molar-refractivity contribution < 1.29 is 0 Å². The summed E-state index contributed by atoms with van der Waals surface area (Å²) in [7, 11) is 0. The predicted molar refractivity (Wildman–Crippen MR) is 181 cm³/mol. The summed E-state index contributed by atoms with van der Waals surface area (Å²) < 4.78 is 0. The van der Waals surface area contributed by atoms with Crippen LogP contribution >= 0.6 is 0 Å². The fourth-order valence-electron chi connectivity index (χ4n) is 6.67. The molecule has 0 aliphatic carbocycles. The van der Waals surface area contributed by atoms with E-state index >= 15 is 0 Å². The Morgan fingerprint density at radius 3 is 1.43 bits per heavy atom. The summed E-state index contributed by atoms with van der Waals surface area (Å²) in [5.41, 5.74) is 10.0. The van der Waals surface area contributed by atoms with Crippen molar-refractivity contribution in [3.05, 3.63) is 170 Å². The molecule has 8 aromatic rings. The minimum Gasteiger partial charge on any atom is -0.0622 e. The molecule has 0 atom stereocenters. The molecule has 0 bridgehead atoms. The van der Waals surface area contributed by atoms with Crippen LogP contribution in [0.25, 0.3) is 76.8 Å². The van der Waals surface area contributed by atoms with Crippen LogP contribution in [0.4, 0.5) is 0 Å². The second-order valence-corrected chi connectivity index (χ2v) is 10.8. The van der Waals surface area contributed by atoms with Crippen LogP contribution in [0.1, 0.15) is 0 Å². The zero-order chi connectivity index (χ0) is 27.9. The van der Waals surface area contributed by atoms with Gasteiger partial charge in [0.1, 0.15) is 0 Å². The second-order valence-electron chi connectivity index (χ2n) is 10.8. The van der Waals surface area contributed by atoms with Crippen LogP contribution in [0.3, 0.4) is 0 Å². The SMILES string of the molecule is c1ccc(-c2ccccc2-c2c3ccccc3c(-c3cccc4ccccc34)c3cccc(-c4ccccc4)c23)cc1. The summed E-state index contributed by atoms with van der Waals surface area (Å²) in [5, 5.41) is 7.61. The molecule has 0 heterocycles. The molecular weight excluding hydrogens is 504 g/mol. The number of rotatable bonds is 4. The summed E-state index contributed by atoms with van der Waals surface area (Å²) in [6, 6.07) is 61.7. The molecule has 0 N–H and O–H groups in total. The van der Waals surface area contributed by atoms with E-state index in [0.29, 0.717) is 0 Å². The van der Waals surface area contributed by atoms with Crippen molar-refractivity contribution in [3.63, 3.8) is 0 Å². The lowest BCUT2D eigenvalue weighted by molar-refractivity contribution is 1.60. The average molecular weight is 533 g/mol. The molecule has 8 aromatic carbocycles. The van der Waals surface area contributed by atoms with Gasteiger partial charge in [-0.3, -0.25) is 0 Å². The molecular formula is C42H28. The Hall–Kier alpha value is -5.46. The highest BCUT2D eigenvalue weighted by molar-refractivity contribution is 6.27. The molecule has 0 amide bonds. The minimum absolute atomic E-state index is 1.22. The van der Waals surface area contributed by atoms with Gasteiger partial charge in [0.25, 0.3) is 0 Å². The first kappa shape index (κ1) is 24.3. The van der Waals surface area contributed by atoms with Crippen LogP contribution in [0.15, 0.2) is 170 Å². The van der Waals surface area contributed by atoms with Crippen molar-refractivity contribution in [1.29, 1.82) is 0 Å². The summed E-state index contributed by atoms with van der Waals surface area (Å²) >= 11 is 0. The topological polar surface area (TPSA) is 0 Å². The Balaban J connectivity index is 1.61. The van der Waals surface area contributed by atoms with Gasteiger partial charge in [0, 0.05) is 0 Å². The van der Waals surface area contributed by atoms with Crippen LogP contribution in [0.2, 0.25) is 0 Å². The Bertz CT molecular complexity index is 2220. The number of hydrogen-bond acceptors (Lipinski definition) is 0. The molecule has 0 aromatic heterocycles. The van der Waals surface area contributed by atoms with Gasteiger partial charge in [-0.25, -0.2) is 0 Å². The molecule has 0 nitrogen and oxygen atoms in total. The average Bonchev–Trinajstić information content (AvgIpc) is 3.07. The minimum atomic E-state index is 1.22. The van der Waals surface area contributed by atoms with Gasteiger partial charge in [-0.2, -0.15) is 0 Å². The third-order valence-corrected chi connectivity index (χ3v) is 8.47. The van der Waals surface area contributed by atoms with Crippen LogP contribution in [0.5, 0.6) is 0 Å². The fourth-order valence-corrected chi connectivity index (χ4v) is 6.67. The van der Waals surface area contributed by atoms with Crippen molar-refractivity contribution in [2.75, 3.05) is 0 Å². The summed E-state index contributed by atoms with van der Waals surface area (Å²) in [6.07, 6.45) is 0. The number of hydrogen-bond donors (Lipinski definition) is 0. The van der Waals surface area contributed by atoms with Gasteiger partial charge in [0.15, 0.2) is 0 Å². The molecule has 42 heavy (non-hydrogen) atoms. The molecule has 0 spiro atoms. The molecule has 0 aliphatic rings. The molecule has 0 saturated heterocycles. The maximum absolute atomic E-state index is 2.32. The quantitative estimate of drug-likeness (QED) is 0.198. The van der Waals surface area contributed by atoms with Gasteiger partial charge in [-0.05, 0) is 76.8 Å².